The maximum Gasteiger partial charge on any atom is 0.153 e. The third kappa shape index (κ3) is 2.50. The molecular formula is C28H16N2O2. The van der Waals surface area contributed by atoms with Crippen LogP contribution in [0.3, 0.4) is 0 Å². The monoisotopic (exact) mass is 412 g/mol. The van der Waals surface area contributed by atoms with Crippen molar-refractivity contribution >= 4 is 44.1 Å². The Bertz CT molecular complexity index is 1630. The van der Waals surface area contributed by atoms with Gasteiger partial charge in [-0.1, -0.05) is 60.7 Å². The first-order valence-corrected chi connectivity index (χ1v) is 10.5. The highest BCUT2D eigenvalue weighted by atomic mass is 16.3. The summed E-state index contributed by atoms with van der Waals surface area (Å²) < 4.78 is 12.3. The van der Waals surface area contributed by atoms with Crippen LogP contribution in [0.1, 0.15) is 0 Å². The van der Waals surface area contributed by atoms with Gasteiger partial charge in [-0.3, -0.25) is 0 Å². The molecule has 4 heterocycles. The topological polar surface area (TPSA) is 52.1 Å². The molecule has 4 aromatic heterocycles. The first-order valence-electron chi connectivity index (χ1n) is 10.5. The highest BCUT2D eigenvalue weighted by Crippen LogP contribution is 2.39. The molecule has 4 nitrogen and oxygen atoms in total. The number of pyridine rings is 2. The van der Waals surface area contributed by atoms with E-state index >= 15 is 0 Å². The van der Waals surface area contributed by atoms with E-state index in [2.05, 4.69) is 24.3 Å². The molecule has 4 heteroatoms. The minimum atomic E-state index is 0.751. The van der Waals surface area contributed by atoms with Gasteiger partial charge < -0.3 is 8.83 Å². The highest BCUT2D eigenvalue weighted by Gasteiger charge is 2.19. The summed E-state index contributed by atoms with van der Waals surface area (Å²) in [5, 5.41) is 1.87. The molecule has 0 aliphatic heterocycles. The van der Waals surface area contributed by atoms with E-state index in [1.807, 2.05) is 72.8 Å². The van der Waals surface area contributed by atoms with E-state index in [0.717, 1.165) is 66.7 Å². The summed E-state index contributed by atoms with van der Waals surface area (Å²) in [5.41, 5.74) is 8.64. The van der Waals surface area contributed by atoms with Crippen LogP contribution in [0.25, 0.3) is 66.7 Å². The van der Waals surface area contributed by atoms with Crippen LogP contribution < -0.4 is 0 Å². The molecule has 0 aliphatic carbocycles. The summed E-state index contributed by atoms with van der Waals surface area (Å²) in [4.78, 5) is 9.98. The van der Waals surface area contributed by atoms with Gasteiger partial charge in [-0.25, -0.2) is 9.97 Å². The van der Waals surface area contributed by atoms with Crippen LogP contribution in [-0.4, -0.2) is 9.97 Å². The molecule has 0 atom stereocenters. The van der Waals surface area contributed by atoms with Gasteiger partial charge in [-0.15, -0.1) is 0 Å². The minimum absolute atomic E-state index is 0.751. The Morgan fingerprint density at radius 1 is 0.406 bits per heavy atom. The van der Waals surface area contributed by atoms with Gasteiger partial charge in [0.15, 0.2) is 11.2 Å². The van der Waals surface area contributed by atoms with Gasteiger partial charge >= 0.3 is 0 Å². The number of fused-ring (bicyclic) bond motifs is 7. The first-order chi connectivity index (χ1) is 15.8. The van der Waals surface area contributed by atoms with Crippen LogP contribution in [-0.2, 0) is 0 Å². The number of aromatic nitrogens is 2. The van der Waals surface area contributed by atoms with Crippen LogP contribution in [0.2, 0.25) is 0 Å². The van der Waals surface area contributed by atoms with Gasteiger partial charge in [-0.05, 0) is 36.4 Å². The number of furan rings is 2. The van der Waals surface area contributed by atoms with Crippen molar-refractivity contribution in [3.05, 3.63) is 97.1 Å². The molecule has 0 saturated carbocycles. The van der Waals surface area contributed by atoms with Crippen LogP contribution >= 0.6 is 0 Å². The second kappa shape index (κ2) is 6.53. The molecule has 150 valence electrons. The fraction of sp³-hybridized carbons (Fsp3) is 0. The number of rotatable bonds is 2. The van der Waals surface area contributed by atoms with Crippen LogP contribution in [0, 0.1) is 0 Å². The number of benzene rings is 3. The van der Waals surface area contributed by atoms with Crippen molar-refractivity contribution < 1.29 is 8.83 Å². The van der Waals surface area contributed by atoms with Crippen molar-refractivity contribution in [3.63, 3.8) is 0 Å². The highest BCUT2D eigenvalue weighted by molar-refractivity contribution is 6.24. The number of nitrogens with zero attached hydrogens (tertiary/aromatic N) is 2. The van der Waals surface area contributed by atoms with Crippen molar-refractivity contribution in [3.8, 4) is 22.5 Å². The van der Waals surface area contributed by atoms with E-state index < -0.39 is 0 Å². The van der Waals surface area contributed by atoms with Gasteiger partial charge in [0.05, 0.1) is 22.2 Å². The Labute approximate surface area is 182 Å². The second-order valence-corrected chi connectivity index (χ2v) is 7.83. The summed E-state index contributed by atoms with van der Waals surface area (Å²) in [7, 11) is 0. The van der Waals surface area contributed by atoms with Crippen LogP contribution in [0.4, 0.5) is 0 Å². The summed E-state index contributed by atoms with van der Waals surface area (Å²) >= 11 is 0. The Morgan fingerprint density at radius 2 is 0.812 bits per heavy atom. The van der Waals surface area contributed by atoms with Crippen molar-refractivity contribution in [1.29, 1.82) is 0 Å². The van der Waals surface area contributed by atoms with Crippen molar-refractivity contribution in [2.24, 2.45) is 0 Å². The van der Waals surface area contributed by atoms with Crippen molar-refractivity contribution in [1.82, 2.24) is 9.97 Å². The van der Waals surface area contributed by atoms with Crippen LogP contribution in [0.5, 0.6) is 0 Å². The lowest BCUT2D eigenvalue weighted by atomic mass is 10.1. The second-order valence-electron chi connectivity index (χ2n) is 7.83. The Balaban J connectivity index is 1.57. The molecule has 0 fully saturated rings. The zero-order valence-corrected chi connectivity index (χ0v) is 16.9. The molecule has 0 radical (unpaired) electrons. The predicted molar refractivity (Wildman–Crippen MR) is 127 cm³/mol. The third-order valence-corrected chi connectivity index (χ3v) is 5.90. The zero-order valence-electron chi connectivity index (χ0n) is 16.9. The van der Waals surface area contributed by atoms with Gasteiger partial charge in [-0.2, -0.15) is 0 Å². The molecule has 3 aromatic carbocycles. The fourth-order valence-electron chi connectivity index (χ4n) is 4.40. The Hall–Kier alpha value is -4.44. The summed E-state index contributed by atoms with van der Waals surface area (Å²) in [6, 6.07) is 32.2. The largest absolute Gasteiger partial charge is 0.454 e. The first kappa shape index (κ1) is 17.3. The maximum absolute atomic E-state index is 6.15. The van der Waals surface area contributed by atoms with Crippen molar-refractivity contribution in [2.75, 3.05) is 0 Å². The lowest BCUT2D eigenvalue weighted by molar-refractivity contribution is 0.662. The molecule has 0 N–H and O–H groups in total. The van der Waals surface area contributed by atoms with Crippen LogP contribution in [0.15, 0.2) is 106 Å². The quantitative estimate of drug-likeness (QED) is 0.293. The SMILES string of the molecule is c1ccc(-c2ccc3oc4ccc5oc6ccc(-c7ccccc7)nc6c5c4c3n2)cc1. The molecule has 7 aromatic rings. The van der Waals surface area contributed by atoms with Gasteiger partial charge in [0.25, 0.3) is 0 Å². The van der Waals surface area contributed by atoms with Crippen molar-refractivity contribution in [2.45, 2.75) is 0 Å². The molecule has 0 amide bonds. The van der Waals surface area contributed by atoms with E-state index in [0.29, 0.717) is 0 Å². The Morgan fingerprint density at radius 3 is 1.25 bits per heavy atom. The van der Waals surface area contributed by atoms with E-state index in [9.17, 15) is 0 Å². The summed E-state index contributed by atoms with van der Waals surface area (Å²) in [6.07, 6.45) is 0. The number of hydrogen-bond donors (Lipinski definition) is 0. The molecular weight excluding hydrogens is 396 g/mol. The average Bonchev–Trinajstić information content (AvgIpc) is 3.42. The molecule has 0 unspecified atom stereocenters. The van der Waals surface area contributed by atoms with Gasteiger partial charge in [0.1, 0.15) is 22.2 Å². The molecule has 32 heavy (non-hydrogen) atoms. The fourth-order valence-corrected chi connectivity index (χ4v) is 4.40. The van der Waals surface area contributed by atoms with E-state index in [1.165, 1.54) is 0 Å². The lowest BCUT2D eigenvalue weighted by Crippen LogP contribution is -1.85. The minimum Gasteiger partial charge on any atom is -0.454 e. The summed E-state index contributed by atoms with van der Waals surface area (Å²) in [5.74, 6) is 0. The van der Waals surface area contributed by atoms with Gasteiger partial charge in [0.2, 0.25) is 0 Å². The maximum atomic E-state index is 6.15. The third-order valence-electron chi connectivity index (χ3n) is 5.90. The number of hydrogen-bond acceptors (Lipinski definition) is 4. The average molecular weight is 412 g/mol. The Kier molecular flexibility index (Phi) is 3.52. The molecule has 0 spiro atoms. The molecule has 0 saturated heterocycles. The standard InChI is InChI=1S/C28H16N2O2/c1-3-7-17(8-4-1)19-11-13-23-27(29-19)25-21(31-23)15-16-22-26(25)28-24(32-22)14-12-20(30-28)18-9-5-2-6-10-18/h1-16H. The smallest absolute Gasteiger partial charge is 0.153 e. The molecule has 0 bridgehead atoms. The predicted octanol–water partition coefficient (Wildman–Crippen LogP) is 7.61. The van der Waals surface area contributed by atoms with E-state index in [1.54, 1.807) is 0 Å². The molecule has 7 rings (SSSR count). The van der Waals surface area contributed by atoms with Gasteiger partial charge in [0, 0.05) is 11.1 Å². The van der Waals surface area contributed by atoms with E-state index in [-0.39, 0.29) is 0 Å². The lowest BCUT2D eigenvalue weighted by Gasteiger charge is -2.01. The zero-order chi connectivity index (χ0) is 21.1. The van der Waals surface area contributed by atoms with E-state index in [4.69, 9.17) is 18.8 Å². The summed E-state index contributed by atoms with van der Waals surface area (Å²) in [6.45, 7) is 0. The normalized spacial score (nSPS) is 11.8. The molecule has 0 aliphatic rings.